The van der Waals surface area contributed by atoms with Gasteiger partial charge in [-0.3, -0.25) is 0 Å². The summed E-state index contributed by atoms with van der Waals surface area (Å²) in [7, 11) is 0. The second-order valence-electron chi connectivity index (χ2n) is 4.29. The number of carbonyl (C=O) groups excluding carboxylic acids is 1. The number of rotatable bonds is 6. The van der Waals surface area contributed by atoms with Gasteiger partial charge in [-0.1, -0.05) is 23.7 Å². The average Bonchev–Trinajstić information content (AvgIpc) is 2.38. The molecule has 0 radical (unpaired) electrons. The highest BCUT2D eigenvalue weighted by atomic mass is 35.5. The Kier molecular flexibility index (Phi) is 6.27. The summed E-state index contributed by atoms with van der Waals surface area (Å²) in [6.07, 6.45) is -0.0436. The smallest absolute Gasteiger partial charge is 0.326 e. The normalized spacial score (nSPS) is 13.3. The average molecular weight is 301 g/mol. The van der Waals surface area contributed by atoms with E-state index in [1.807, 2.05) is 0 Å². The van der Waals surface area contributed by atoms with Gasteiger partial charge in [0.2, 0.25) is 0 Å². The molecule has 4 N–H and O–H groups in total. The van der Waals surface area contributed by atoms with E-state index in [0.717, 1.165) is 5.56 Å². The van der Waals surface area contributed by atoms with E-state index in [2.05, 4.69) is 10.6 Å². The molecule has 7 heteroatoms. The van der Waals surface area contributed by atoms with Gasteiger partial charge in [0.05, 0.1) is 6.04 Å². The third-order valence-corrected chi connectivity index (χ3v) is 2.99. The predicted octanol–water partition coefficient (Wildman–Crippen LogP) is 1.54. The maximum atomic E-state index is 11.7. The van der Waals surface area contributed by atoms with Crippen molar-refractivity contribution < 1.29 is 19.8 Å². The molecule has 0 aliphatic carbocycles. The van der Waals surface area contributed by atoms with Crippen molar-refractivity contribution in [1.82, 2.24) is 10.6 Å². The molecule has 1 aromatic rings. The molecule has 0 saturated carbocycles. The lowest BCUT2D eigenvalue weighted by molar-refractivity contribution is -0.139. The van der Waals surface area contributed by atoms with E-state index in [9.17, 15) is 9.59 Å². The molecule has 0 aromatic heterocycles. The highest BCUT2D eigenvalue weighted by Crippen LogP contribution is 2.15. The SMILES string of the molecule is CC(NC(=O)N[C@@H](CCO)C(=O)O)c1ccc(Cl)cc1. The zero-order valence-corrected chi connectivity index (χ0v) is 11.7. The summed E-state index contributed by atoms with van der Waals surface area (Å²) >= 11 is 5.77. The number of carboxylic acids is 1. The fraction of sp³-hybridized carbons (Fsp3) is 0.385. The van der Waals surface area contributed by atoms with Crippen LogP contribution in [-0.4, -0.2) is 34.9 Å². The van der Waals surface area contributed by atoms with Crippen molar-refractivity contribution in [2.24, 2.45) is 0 Å². The summed E-state index contributed by atoms with van der Waals surface area (Å²) in [6, 6.07) is 4.95. The van der Waals surface area contributed by atoms with Gasteiger partial charge < -0.3 is 20.8 Å². The Morgan fingerprint density at radius 2 is 1.85 bits per heavy atom. The van der Waals surface area contributed by atoms with E-state index in [-0.39, 0.29) is 19.1 Å². The van der Waals surface area contributed by atoms with Gasteiger partial charge in [0.1, 0.15) is 6.04 Å². The number of urea groups is 1. The molecule has 0 aliphatic heterocycles. The van der Waals surface area contributed by atoms with Crippen LogP contribution in [0.25, 0.3) is 0 Å². The third-order valence-electron chi connectivity index (χ3n) is 2.74. The Morgan fingerprint density at radius 1 is 1.25 bits per heavy atom. The first kappa shape index (κ1) is 16.3. The standard InChI is InChI=1S/C13H17ClN2O4/c1-8(9-2-4-10(14)5-3-9)15-13(20)16-11(6-7-17)12(18)19/h2-5,8,11,17H,6-7H2,1H3,(H,18,19)(H2,15,16,20)/t8?,11-/m0/s1. The van der Waals surface area contributed by atoms with Crippen LogP contribution in [0.15, 0.2) is 24.3 Å². The first-order valence-corrected chi connectivity index (χ1v) is 6.48. The zero-order valence-electron chi connectivity index (χ0n) is 11.0. The lowest BCUT2D eigenvalue weighted by Crippen LogP contribution is -2.47. The van der Waals surface area contributed by atoms with E-state index in [1.165, 1.54) is 0 Å². The molecule has 0 aliphatic rings. The molecule has 1 aromatic carbocycles. The second kappa shape index (κ2) is 7.72. The minimum absolute atomic E-state index is 0.0436. The lowest BCUT2D eigenvalue weighted by Gasteiger charge is -2.18. The number of hydrogen-bond acceptors (Lipinski definition) is 3. The maximum absolute atomic E-state index is 11.7. The molecule has 0 saturated heterocycles. The van der Waals surface area contributed by atoms with Crippen LogP contribution < -0.4 is 10.6 Å². The summed E-state index contributed by atoms with van der Waals surface area (Å²) in [5.74, 6) is -1.19. The molecule has 0 spiro atoms. The van der Waals surface area contributed by atoms with Crippen LogP contribution in [0.5, 0.6) is 0 Å². The Hall–Kier alpha value is -1.79. The van der Waals surface area contributed by atoms with E-state index in [0.29, 0.717) is 5.02 Å². The molecule has 1 unspecified atom stereocenters. The molecule has 0 heterocycles. The van der Waals surface area contributed by atoms with Crippen molar-refractivity contribution in [1.29, 1.82) is 0 Å². The van der Waals surface area contributed by atoms with Crippen LogP contribution in [0.4, 0.5) is 4.79 Å². The molecule has 1 rings (SSSR count). The number of nitrogens with one attached hydrogen (secondary N) is 2. The molecular weight excluding hydrogens is 284 g/mol. The maximum Gasteiger partial charge on any atom is 0.326 e. The molecule has 0 fully saturated rings. The zero-order chi connectivity index (χ0) is 15.1. The van der Waals surface area contributed by atoms with Gasteiger partial charge >= 0.3 is 12.0 Å². The molecule has 2 amide bonds. The fourth-order valence-electron chi connectivity index (χ4n) is 1.62. The number of aliphatic carboxylic acids is 1. The van der Waals surface area contributed by atoms with Crippen molar-refractivity contribution in [3.63, 3.8) is 0 Å². The Labute approximate surface area is 121 Å². The molecule has 0 bridgehead atoms. The van der Waals surface area contributed by atoms with Crippen LogP contribution in [0.3, 0.4) is 0 Å². The van der Waals surface area contributed by atoms with Crippen molar-refractivity contribution in [2.75, 3.05) is 6.61 Å². The topological polar surface area (TPSA) is 98.7 Å². The summed E-state index contributed by atoms with van der Waals surface area (Å²) in [4.78, 5) is 22.5. The molecular formula is C13H17ClN2O4. The van der Waals surface area contributed by atoms with Crippen molar-refractivity contribution >= 4 is 23.6 Å². The van der Waals surface area contributed by atoms with Gasteiger partial charge in [-0.05, 0) is 24.6 Å². The third kappa shape index (κ3) is 5.07. The number of carboxylic acid groups (broad SMARTS) is 1. The van der Waals surface area contributed by atoms with Crippen molar-refractivity contribution in [3.8, 4) is 0 Å². The minimum atomic E-state index is -1.19. The summed E-state index contributed by atoms with van der Waals surface area (Å²) < 4.78 is 0. The Morgan fingerprint density at radius 3 is 2.35 bits per heavy atom. The lowest BCUT2D eigenvalue weighted by atomic mass is 10.1. The number of hydrogen-bond donors (Lipinski definition) is 4. The predicted molar refractivity (Wildman–Crippen MR) is 74.7 cm³/mol. The van der Waals surface area contributed by atoms with Crippen LogP contribution in [0, 0.1) is 0 Å². The minimum Gasteiger partial charge on any atom is -0.480 e. The van der Waals surface area contributed by atoms with E-state index >= 15 is 0 Å². The van der Waals surface area contributed by atoms with Crippen molar-refractivity contribution in [2.45, 2.75) is 25.4 Å². The molecule has 2 atom stereocenters. The number of halogens is 1. The number of aliphatic hydroxyl groups is 1. The molecule has 20 heavy (non-hydrogen) atoms. The highest BCUT2D eigenvalue weighted by molar-refractivity contribution is 6.30. The van der Waals surface area contributed by atoms with Crippen LogP contribution in [0.2, 0.25) is 5.02 Å². The van der Waals surface area contributed by atoms with E-state index < -0.39 is 18.0 Å². The summed E-state index contributed by atoms with van der Waals surface area (Å²) in [5, 5.41) is 23.1. The van der Waals surface area contributed by atoms with Crippen LogP contribution in [-0.2, 0) is 4.79 Å². The van der Waals surface area contributed by atoms with Gasteiger partial charge in [0.15, 0.2) is 0 Å². The number of carbonyl (C=O) groups is 2. The number of benzene rings is 1. The van der Waals surface area contributed by atoms with Gasteiger partial charge in [-0.2, -0.15) is 0 Å². The first-order chi connectivity index (χ1) is 9.43. The second-order valence-corrected chi connectivity index (χ2v) is 4.73. The Balaban J connectivity index is 2.56. The molecule has 110 valence electrons. The monoisotopic (exact) mass is 300 g/mol. The number of aliphatic hydroxyl groups excluding tert-OH is 1. The van der Waals surface area contributed by atoms with Gasteiger partial charge in [0.25, 0.3) is 0 Å². The van der Waals surface area contributed by atoms with Gasteiger partial charge in [-0.15, -0.1) is 0 Å². The number of amides is 2. The van der Waals surface area contributed by atoms with Crippen molar-refractivity contribution in [3.05, 3.63) is 34.9 Å². The summed E-state index contributed by atoms with van der Waals surface area (Å²) in [6.45, 7) is 1.45. The summed E-state index contributed by atoms with van der Waals surface area (Å²) in [5.41, 5.74) is 0.846. The first-order valence-electron chi connectivity index (χ1n) is 6.10. The van der Waals surface area contributed by atoms with Gasteiger partial charge in [0, 0.05) is 18.1 Å². The van der Waals surface area contributed by atoms with Crippen LogP contribution >= 0.6 is 11.6 Å². The Bertz CT molecular complexity index is 464. The van der Waals surface area contributed by atoms with Crippen LogP contribution in [0.1, 0.15) is 24.9 Å². The quantitative estimate of drug-likeness (QED) is 0.640. The van der Waals surface area contributed by atoms with E-state index in [4.69, 9.17) is 21.8 Å². The fourth-order valence-corrected chi connectivity index (χ4v) is 1.74. The highest BCUT2D eigenvalue weighted by Gasteiger charge is 2.20. The largest absolute Gasteiger partial charge is 0.480 e. The van der Waals surface area contributed by atoms with E-state index in [1.54, 1.807) is 31.2 Å². The molecule has 6 nitrogen and oxygen atoms in total. The van der Waals surface area contributed by atoms with Gasteiger partial charge in [-0.25, -0.2) is 9.59 Å².